The maximum atomic E-state index is 16.3. The highest BCUT2D eigenvalue weighted by molar-refractivity contribution is 6.74. The van der Waals surface area contributed by atoms with Crippen LogP contribution in [0.5, 0.6) is 0 Å². The van der Waals surface area contributed by atoms with Gasteiger partial charge in [0, 0.05) is 32.1 Å². The molecule has 2 heterocycles. The summed E-state index contributed by atoms with van der Waals surface area (Å²) >= 11 is 0. The van der Waals surface area contributed by atoms with Gasteiger partial charge in [-0.1, -0.05) is 85.4 Å². The Labute approximate surface area is 422 Å². The summed E-state index contributed by atoms with van der Waals surface area (Å²) in [6.45, 7) is 42.9. The lowest BCUT2D eigenvalue weighted by molar-refractivity contribution is -0.302. The first-order valence-electron chi connectivity index (χ1n) is 25.2. The smallest absolute Gasteiger partial charge is 0.346 e. The molecule has 4 rings (SSSR count). The zero-order chi connectivity index (χ0) is 53.7. The summed E-state index contributed by atoms with van der Waals surface area (Å²) < 4.78 is 61.2. The molecule has 0 aromatic heterocycles. The molecule has 3 aliphatic rings. The molecule has 398 valence electrons. The lowest BCUT2D eigenvalue weighted by Gasteiger charge is -2.50. The normalized spacial score (nSPS) is 27.5. The van der Waals surface area contributed by atoms with Crippen molar-refractivity contribution in [2.45, 2.75) is 263 Å². The van der Waals surface area contributed by atoms with Crippen molar-refractivity contribution in [1.29, 1.82) is 0 Å². The first-order valence-corrected chi connectivity index (χ1v) is 31.0. The minimum atomic E-state index is -3.22. The average molecular weight is 1020 g/mol. The van der Waals surface area contributed by atoms with Gasteiger partial charge in [-0.2, -0.15) is 0 Å². The number of esters is 4. The van der Waals surface area contributed by atoms with E-state index in [2.05, 4.69) is 6.58 Å². The molecule has 3 fully saturated rings. The van der Waals surface area contributed by atoms with E-state index in [-0.39, 0.29) is 31.6 Å². The van der Waals surface area contributed by atoms with E-state index in [9.17, 15) is 9.90 Å². The van der Waals surface area contributed by atoms with E-state index in [1.165, 1.54) is 6.92 Å². The van der Waals surface area contributed by atoms with Crippen molar-refractivity contribution in [3.8, 4) is 0 Å². The molecule has 0 bridgehead atoms. The summed E-state index contributed by atoms with van der Waals surface area (Å²) in [7, 11) is -6.31. The second kappa shape index (κ2) is 20.4. The van der Waals surface area contributed by atoms with Gasteiger partial charge in [0.05, 0.1) is 0 Å². The molecule has 1 unspecified atom stereocenters. The van der Waals surface area contributed by atoms with Crippen LogP contribution in [-0.2, 0) is 67.6 Å². The SMILES string of the molecule is C=C(CCC1(O)O[C@@](C(=O)OC(C)(C)C)([C@@]2(C(=O)OC(C)(C)C)OC3(CCCC3)O[C@@H]2C(=O)OC(C)(C)C)[C@H](O[Si](C)(C)C(C)(C)C)[C@H]1O[Si](C)(C)C(C)(C)C)[C@@H](OC(C)=O)[C@H](C)Cc1ccccc1. The first kappa shape index (κ1) is 59.6. The van der Waals surface area contributed by atoms with Gasteiger partial charge in [0.1, 0.15) is 35.1 Å². The molecule has 1 aromatic carbocycles. The first-order chi connectivity index (χ1) is 31.5. The number of hydrogen-bond donors (Lipinski definition) is 1. The fourth-order valence-corrected chi connectivity index (χ4v) is 11.5. The molecule has 1 saturated carbocycles. The molecular formula is C54H90O14Si2. The Bertz CT molecular complexity index is 2050. The second-order valence-electron chi connectivity index (χ2n) is 26.1. The van der Waals surface area contributed by atoms with E-state index in [0.717, 1.165) is 5.56 Å². The lowest BCUT2D eigenvalue weighted by Crippen LogP contribution is -2.77. The van der Waals surface area contributed by atoms with Crippen molar-refractivity contribution < 1.29 is 66.3 Å². The molecule has 1 aliphatic carbocycles. The standard InChI is InChI=1S/C54H90O14Si2/c1-35(39(60-37(3)55)36(2)34-38-28-24-23-25-29-38)30-33-52(59)40(65-69(19,20)49(13,14)15)41(66-70(21,22)50(16,17)18)53(68-52,44(57)63-47(7,8)9)54(45(58)64-48(10,11)12)42(43(56)62-46(4,5)6)61-51(67-54)31-26-27-32-51/h23-25,28-29,36,39-42,59H,1,26-27,30-34H2,2-22H3/t36-,39-,40-,41-,42-,52?,53+,54-/m1/s1. The highest BCUT2D eigenvalue weighted by Crippen LogP contribution is 2.61. The van der Waals surface area contributed by atoms with E-state index in [1.807, 2.05) is 105 Å². The van der Waals surface area contributed by atoms with Gasteiger partial charge in [0.2, 0.25) is 17.3 Å². The Hall–Kier alpha value is -2.97. The van der Waals surface area contributed by atoms with Gasteiger partial charge in [-0.05, 0) is 135 Å². The van der Waals surface area contributed by atoms with Crippen molar-refractivity contribution in [3.05, 3.63) is 48.0 Å². The number of rotatable bonds is 16. The van der Waals surface area contributed by atoms with Crippen LogP contribution in [0.1, 0.15) is 162 Å². The van der Waals surface area contributed by atoms with Crippen molar-refractivity contribution in [2.75, 3.05) is 0 Å². The van der Waals surface area contributed by atoms with Crippen LogP contribution in [0.4, 0.5) is 0 Å². The predicted molar refractivity (Wildman–Crippen MR) is 274 cm³/mol. The lowest BCUT2D eigenvalue weighted by atomic mass is 9.73. The fraction of sp³-hybridized carbons (Fsp3) is 0.778. The molecule has 1 N–H and O–H groups in total. The Kier molecular flexibility index (Phi) is 17.4. The van der Waals surface area contributed by atoms with Crippen LogP contribution in [0.3, 0.4) is 0 Å². The number of benzene rings is 1. The zero-order valence-corrected chi connectivity index (χ0v) is 48.7. The van der Waals surface area contributed by atoms with E-state index in [1.54, 1.807) is 62.3 Å². The van der Waals surface area contributed by atoms with Gasteiger partial charge < -0.3 is 47.1 Å². The molecule has 0 amide bonds. The molecule has 0 radical (unpaired) electrons. The molecule has 1 spiro atoms. The van der Waals surface area contributed by atoms with E-state index >= 15 is 14.4 Å². The third-order valence-electron chi connectivity index (χ3n) is 14.3. The summed E-state index contributed by atoms with van der Waals surface area (Å²) in [5.74, 6) is -8.32. The molecule has 2 saturated heterocycles. The third kappa shape index (κ3) is 13.0. The minimum Gasteiger partial charge on any atom is -0.458 e. The van der Waals surface area contributed by atoms with Crippen LogP contribution in [0.15, 0.2) is 42.5 Å². The van der Waals surface area contributed by atoms with E-state index in [4.69, 9.17) is 42.0 Å². The summed E-state index contributed by atoms with van der Waals surface area (Å²) in [4.78, 5) is 60.4. The number of hydrogen-bond acceptors (Lipinski definition) is 14. The van der Waals surface area contributed by atoms with Crippen LogP contribution < -0.4 is 0 Å². The van der Waals surface area contributed by atoms with Crippen molar-refractivity contribution >= 4 is 40.5 Å². The summed E-state index contributed by atoms with van der Waals surface area (Å²) in [5, 5.41) is 12.9. The molecule has 8 atom stereocenters. The van der Waals surface area contributed by atoms with Crippen LogP contribution in [0, 0.1) is 5.92 Å². The van der Waals surface area contributed by atoms with Crippen molar-refractivity contribution in [1.82, 2.24) is 0 Å². The summed E-state index contributed by atoms with van der Waals surface area (Å²) in [6.07, 6.45) is -4.28. The number of carbonyl (C=O) groups is 4. The van der Waals surface area contributed by atoms with Crippen molar-refractivity contribution in [3.63, 3.8) is 0 Å². The zero-order valence-electron chi connectivity index (χ0n) is 46.7. The highest BCUT2D eigenvalue weighted by atomic mass is 28.4. The number of aliphatic hydroxyl groups is 1. The van der Waals surface area contributed by atoms with E-state index < -0.39 is 115 Å². The van der Waals surface area contributed by atoms with Gasteiger partial charge in [-0.15, -0.1) is 0 Å². The maximum absolute atomic E-state index is 16.3. The maximum Gasteiger partial charge on any atom is 0.346 e. The molecular weight excluding hydrogens is 929 g/mol. The largest absolute Gasteiger partial charge is 0.458 e. The molecule has 14 nitrogen and oxygen atoms in total. The quantitative estimate of drug-likeness (QED) is 0.0717. The molecule has 2 aliphatic heterocycles. The number of ether oxygens (including phenoxy) is 7. The molecule has 16 heteroatoms. The fourth-order valence-electron chi connectivity index (χ4n) is 8.93. The highest BCUT2D eigenvalue weighted by Gasteiger charge is 2.87. The van der Waals surface area contributed by atoms with Gasteiger partial charge in [0.15, 0.2) is 28.2 Å². The van der Waals surface area contributed by atoms with Crippen molar-refractivity contribution in [2.24, 2.45) is 5.92 Å². The Morgan fingerprint density at radius 3 is 1.61 bits per heavy atom. The Morgan fingerprint density at radius 1 is 0.714 bits per heavy atom. The van der Waals surface area contributed by atoms with Gasteiger partial charge in [-0.3, -0.25) is 4.79 Å². The Morgan fingerprint density at radius 2 is 1.17 bits per heavy atom. The number of carbonyl (C=O) groups excluding carboxylic acids is 4. The minimum absolute atomic E-state index is 0.0294. The van der Waals surface area contributed by atoms with Crippen LogP contribution in [-0.4, -0.2) is 110 Å². The topological polar surface area (TPSA) is 172 Å². The van der Waals surface area contributed by atoms with E-state index in [0.29, 0.717) is 24.8 Å². The van der Waals surface area contributed by atoms with Crippen LogP contribution in [0.25, 0.3) is 0 Å². The monoisotopic (exact) mass is 1020 g/mol. The average Bonchev–Trinajstić information content (AvgIpc) is 3.84. The summed E-state index contributed by atoms with van der Waals surface area (Å²) in [5.41, 5.74) is -7.98. The predicted octanol–water partition coefficient (Wildman–Crippen LogP) is 10.8. The Balaban J connectivity index is 2.21. The summed E-state index contributed by atoms with van der Waals surface area (Å²) in [6, 6.07) is 9.81. The third-order valence-corrected chi connectivity index (χ3v) is 23.2. The van der Waals surface area contributed by atoms with Gasteiger partial charge in [-0.25, -0.2) is 14.4 Å². The second-order valence-corrected chi connectivity index (χ2v) is 35.6. The van der Waals surface area contributed by atoms with Crippen LogP contribution >= 0.6 is 0 Å². The molecule has 1 aromatic rings. The molecule has 70 heavy (non-hydrogen) atoms. The van der Waals surface area contributed by atoms with Gasteiger partial charge in [0.25, 0.3) is 0 Å². The van der Waals surface area contributed by atoms with Gasteiger partial charge >= 0.3 is 23.9 Å². The van der Waals surface area contributed by atoms with Crippen LogP contribution in [0.2, 0.25) is 36.3 Å².